The number of amides is 1. The van der Waals surface area contributed by atoms with Gasteiger partial charge in [0.15, 0.2) is 0 Å². The van der Waals surface area contributed by atoms with Gasteiger partial charge in [-0.25, -0.2) is 9.67 Å². The highest BCUT2D eigenvalue weighted by molar-refractivity contribution is 5.94. The van der Waals surface area contributed by atoms with Crippen molar-refractivity contribution >= 4 is 5.91 Å². The largest absolute Gasteiger partial charge is 0.336 e. The summed E-state index contributed by atoms with van der Waals surface area (Å²) < 4.78 is 1.68. The first-order chi connectivity index (χ1) is 13.2. The van der Waals surface area contributed by atoms with Gasteiger partial charge in [-0.05, 0) is 42.3 Å². The molecule has 2 aromatic carbocycles. The van der Waals surface area contributed by atoms with E-state index in [0.29, 0.717) is 5.56 Å². The van der Waals surface area contributed by atoms with E-state index in [1.807, 2.05) is 29.2 Å². The summed E-state index contributed by atoms with van der Waals surface area (Å²) in [5, 5.41) is 4.10. The van der Waals surface area contributed by atoms with Crippen LogP contribution in [0.15, 0.2) is 61.2 Å². The van der Waals surface area contributed by atoms with E-state index in [1.165, 1.54) is 17.5 Å². The molecule has 27 heavy (non-hydrogen) atoms. The van der Waals surface area contributed by atoms with Crippen LogP contribution in [0.25, 0.3) is 5.69 Å². The fourth-order valence-corrected chi connectivity index (χ4v) is 3.42. The predicted molar refractivity (Wildman–Crippen MR) is 104 cm³/mol. The Kier molecular flexibility index (Phi) is 4.98. The Morgan fingerprint density at radius 1 is 1.00 bits per heavy atom. The number of piperazine rings is 1. The summed E-state index contributed by atoms with van der Waals surface area (Å²) in [6.07, 6.45) is 3.14. The van der Waals surface area contributed by atoms with Crippen molar-refractivity contribution < 1.29 is 4.79 Å². The van der Waals surface area contributed by atoms with Gasteiger partial charge >= 0.3 is 0 Å². The molecule has 4 rings (SSSR count). The molecule has 0 atom stereocenters. The lowest BCUT2D eigenvalue weighted by atomic mass is 10.1. The van der Waals surface area contributed by atoms with Gasteiger partial charge in [-0.2, -0.15) is 5.10 Å². The summed E-state index contributed by atoms with van der Waals surface area (Å²) in [5.74, 6) is 0.0932. The van der Waals surface area contributed by atoms with E-state index in [1.54, 1.807) is 11.0 Å². The predicted octanol–water partition coefficient (Wildman–Crippen LogP) is 2.53. The zero-order valence-electron chi connectivity index (χ0n) is 15.5. The van der Waals surface area contributed by atoms with Gasteiger partial charge in [-0.15, -0.1) is 0 Å². The first-order valence-corrected chi connectivity index (χ1v) is 9.22. The first kappa shape index (κ1) is 17.4. The van der Waals surface area contributed by atoms with Gasteiger partial charge < -0.3 is 4.90 Å². The highest BCUT2D eigenvalue weighted by Crippen LogP contribution is 2.15. The zero-order valence-corrected chi connectivity index (χ0v) is 15.5. The Bertz CT molecular complexity index is 897. The van der Waals surface area contributed by atoms with E-state index in [2.05, 4.69) is 46.2 Å². The molecule has 1 saturated heterocycles. The minimum Gasteiger partial charge on any atom is -0.336 e. The van der Waals surface area contributed by atoms with E-state index in [4.69, 9.17) is 0 Å². The van der Waals surface area contributed by atoms with Crippen molar-refractivity contribution in [2.24, 2.45) is 0 Å². The molecule has 0 radical (unpaired) electrons. The molecule has 6 heteroatoms. The van der Waals surface area contributed by atoms with Gasteiger partial charge in [0.2, 0.25) is 0 Å². The quantitative estimate of drug-likeness (QED) is 0.717. The van der Waals surface area contributed by atoms with Crippen LogP contribution >= 0.6 is 0 Å². The molecule has 138 valence electrons. The standard InChI is InChI=1S/C21H23N5O/c1-17-4-2-3-5-19(17)14-24-10-12-25(13-11-24)21(27)18-6-8-20(9-7-18)26-16-22-15-23-26/h2-9,15-16H,10-14H2,1H3. The molecule has 1 fully saturated rings. The number of aryl methyl sites for hydroxylation is 1. The number of benzene rings is 2. The summed E-state index contributed by atoms with van der Waals surface area (Å²) in [5.41, 5.74) is 4.29. The van der Waals surface area contributed by atoms with Gasteiger partial charge in [0.05, 0.1) is 5.69 Å². The highest BCUT2D eigenvalue weighted by Gasteiger charge is 2.22. The average molecular weight is 361 g/mol. The summed E-state index contributed by atoms with van der Waals surface area (Å²) in [7, 11) is 0. The summed E-state index contributed by atoms with van der Waals surface area (Å²) in [6.45, 7) is 6.42. The molecular weight excluding hydrogens is 338 g/mol. The molecule has 3 aromatic rings. The molecule has 1 aliphatic rings. The maximum absolute atomic E-state index is 12.8. The lowest BCUT2D eigenvalue weighted by molar-refractivity contribution is 0.0628. The van der Waals surface area contributed by atoms with Crippen LogP contribution in [-0.4, -0.2) is 56.7 Å². The van der Waals surface area contributed by atoms with Gasteiger partial charge in [0.1, 0.15) is 12.7 Å². The molecular formula is C21H23N5O. The summed E-state index contributed by atoms with van der Waals surface area (Å²) >= 11 is 0. The van der Waals surface area contributed by atoms with Gasteiger partial charge in [0, 0.05) is 38.3 Å². The van der Waals surface area contributed by atoms with E-state index in [9.17, 15) is 4.79 Å². The van der Waals surface area contributed by atoms with E-state index in [0.717, 1.165) is 38.4 Å². The number of hydrogen-bond acceptors (Lipinski definition) is 4. The highest BCUT2D eigenvalue weighted by atomic mass is 16.2. The Balaban J connectivity index is 1.35. The molecule has 6 nitrogen and oxygen atoms in total. The molecule has 1 aromatic heterocycles. The third-order valence-electron chi connectivity index (χ3n) is 5.11. The fourth-order valence-electron chi connectivity index (χ4n) is 3.42. The average Bonchev–Trinajstić information content (AvgIpc) is 3.25. The van der Waals surface area contributed by atoms with Gasteiger partial charge in [-0.1, -0.05) is 24.3 Å². The minimum atomic E-state index is 0.0932. The van der Waals surface area contributed by atoms with Crippen LogP contribution in [0.4, 0.5) is 0 Å². The SMILES string of the molecule is Cc1ccccc1CN1CCN(C(=O)c2ccc(-n3cncn3)cc2)CC1. The van der Waals surface area contributed by atoms with Gasteiger partial charge in [0.25, 0.3) is 5.91 Å². The number of carbonyl (C=O) groups is 1. The van der Waals surface area contributed by atoms with Crippen LogP contribution in [0.5, 0.6) is 0 Å². The maximum Gasteiger partial charge on any atom is 0.253 e. The molecule has 0 unspecified atom stereocenters. The second-order valence-corrected chi connectivity index (χ2v) is 6.88. The number of nitrogens with zero attached hydrogens (tertiary/aromatic N) is 5. The van der Waals surface area contributed by atoms with Crippen molar-refractivity contribution in [2.45, 2.75) is 13.5 Å². The molecule has 0 saturated carbocycles. The van der Waals surface area contributed by atoms with Crippen LogP contribution in [0, 0.1) is 6.92 Å². The van der Waals surface area contributed by atoms with Gasteiger partial charge in [-0.3, -0.25) is 9.69 Å². The van der Waals surface area contributed by atoms with Crippen LogP contribution in [0.2, 0.25) is 0 Å². The van der Waals surface area contributed by atoms with Crippen molar-refractivity contribution in [3.05, 3.63) is 77.9 Å². The molecule has 0 bridgehead atoms. The third kappa shape index (κ3) is 3.90. The zero-order chi connectivity index (χ0) is 18.6. The number of aromatic nitrogens is 3. The summed E-state index contributed by atoms with van der Waals surface area (Å²) in [6, 6.07) is 16.0. The van der Waals surface area contributed by atoms with Crippen molar-refractivity contribution in [3.8, 4) is 5.69 Å². The lowest BCUT2D eigenvalue weighted by Crippen LogP contribution is -2.48. The smallest absolute Gasteiger partial charge is 0.253 e. The van der Waals surface area contributed by atoms with Crippen LogP contribution in [0.1, 0.15) is 21.5 Å². The molecule has 1 aliphatic heterocycles. The number of rotatable bonds is 4. The molecule has 0 aliphatic carbocycles. The Morgan fingerprint density at radius 3 is 2.41 bits per heavy atom. The molecule has 1 amide bonds. The molecule has 2 heterocycles. The maximum atomic E-state index is 12.8. The normalized spacial score (nSPS) is 15.1. The van der Waals surface area contributed by atoms with Crippen LogP contribution in [0.3, 0.4) is 0 Å². The second-order valence-electron chi connectivity index (χ2n) is 6.88. The number of hydrogen-bond donors (Lipinski definition) is 0. The van der Waals surface area contributed by atoms with Crippen molar-refractivity contribution in [1.82, 2.24) is 24.6 Å². The van der Waals surface area contributed by atoms with E-state index in [-0.39, 0.29) is 5.91 Å². The third-order valence-corrected chi connectivity index (χ3v) is 5.11. The van der Waals surface area contributed by atoms with Crippen LogP contribution in [-0.2, 0) is 6.54 Å². The Labute approximate surface area is 159 Å². The Hall–Kier alpha value is -2.99. The molecule has 0 spiro atoms. The minimum absolute atomic E-state index is 0.0932. The van der Waals surface area contributed by atoms with E-state index >= 15 is 0 Å². The lowest BCUT2D eigenvalue weighted by Gasteiger charge is -2.35. The molecule has 0 N–H and O–H groups in total. The fraction of sp³-hybridized carbons (Fsp3) is 0.286. The monoisotopic (exact) mass is 361 g/mol. The topological polar surface area (TPSA) is 54.3 Å². The summed E-state index contributed by atoms with van der Waals surface area (Å²) in [4.78, 5) is 21.1. The number of carbonyl (C=O) groups excluding carboxylic acids is 1. The Morgan fingerprint density at radius 2 is 1.74 bits per heavy atom. The van der Waals surface area contributed by atoms with E-state index < -0.39 is 0 Å². The second kappa shape index (κ2) is 7.72. The first-order valence-electron chi connectivity index (χ1n) is 9.22. The van der Waals surface area contributed by atoms with Crippen molar-refractivity contribution in [1.29, 1.82) is 0 Å². The van der Waals surface area contributed by atoms with Crippen molar-refractivity contribution in [3.63, 3.8) is 0 Å². The van der Waals surface area contributed by atoms with Crippen molar-refractivity contribution in [2.75, 3.05) is 26.2 Å². The van der Waals surface area contributed by atoms with Crippen LogP contribution < -0.4 is 0 Å².